The predicted octanol–water partition coefficient (Wildman–Crippen LogP) is 3.57. The molecule has 0 aliphatic carbocycles. The van der Waals surface area contributed by atoms with Gasteiger partial charge in [-0.2, -0.15) is 0 Å². The van der Waals surface area contributed by atoms with E-state index < -0.39 is 0 Å². The van der Waals surface area contributed by atoms with Crippen molar-refractivity contribution in [2.24, 2.45) is 5.73 Å². The molecule has 0 aliphatic heterocycles. The van der Waals surface area contributed by atoms with Gasteiger partial charge >= 0.3 is 0 Å². The van der Waals surface area contributed by atoms with Gasteiger partial charge in [0.1, 0.15) is 5.78 Å². The first-order valence-electron chi connectivity index (χ1n) is 10.6. The summed E-state index contributed by atoms with van der Waals surface area (Å²) in [4.78, 5) is 33.8. The van der Waals surface area contributed by atoms with Crippen LogP contribution >= 0.6 is 0 Å². The second kappa shape index (κ2) is 11.0. The Bertz CT molecular complexity index is 1140. The summed E-state index contributed by atoms with van der Waals surface area (Å²) in [7, 11) is 1.75. The molecule has 2 aromatic carbocycles. The Hall–Kier alpha value is -4.07. The maximum atomic E-state index is 11.8. The van der Waals surface area contributed by atoms with E-state index in [1.807, 2.05) is 48.5 Å². The number of anilines is 2. The van der Waals surface area contributed by atoms with Gasteiger partial charge in [-0.3, -0.25) is 15.0 Å². The molecule has 0 atom stereocenters. The molecule has 8 heteroatoms. The molecule has 1 aromatic heterocycles. The highest BCUT2D eigenvalue weighted by Crippen LogP contribution is 2.21. The van der Waals surface area contributed by atoms with Crippen molar-refractivity contribution in [2.45, 2.75) is 32.7 Å². The Morgan fingerprint density at radius 2 is 1.73 bits per heavy atom. The van der Waals surface area contributed by atoms with Crippen LogP contribution in [0.1, 0.15) is 30.9 Å². The van der Waals surface area contributed by atoms with E-state index in [0.29, 0.717) is 25.3 Å². The van der Waals surface area contributed by atoms with Crippen LogP contribution < -0.4 is 16.0 Å². The SMILES string of the molecule is CC(=O)N(C)c1cccc(CNc2ncc(-c3cccc(CCC(=O)CC(=N)N)c3)cn2)c1. The van der Waals surface area contributed by atoms with Gasteiger partial charge in [-0.15, -0.1) is 0 Å². The number of hydrogen-bond acceptors (Lipinski definition) is 6. The molecule has 0 bridgehead atoms. The molecule has 170 valence electrons. The average molecular weight is 445 g/mol. The maximum Gasteiger partial charge on any atom is 0.223 e. The fourth-order valence-corrected chi connectivity index (χ4v) is 3.30. The van der Waals surface area contributed by atoms with Crippen LogP contribution in [0.25, 0.3) is 11.1 Å². The van der Waals surface area contributed by atoms with Gasteiger partial charge in [-0.05, 0) is 35.2 Å². The van der Waals surface area contributed by atoms with E-state index in [-0.39, 0.29) is 23.9 Å². The number of aromatic nitrogens is 2. The minimum atomic E-state index is -0.101. The van der Waals surface area contributed by atoms with Crippen molar-refractivity contribution in [1.29, 1.82) is 5.41 Å². The number of nitrogens with zero attached hydrogens (tertiary/aromatic N) is 3. The Balaban J connectivity index is 1.60. The number of carbonyl (C=O) groups is 2. The van der Waals surface area contributed by atoms with Crippen LogP contribution in [-0.4, -0.2) is 34.5 Å². The van der Waals surface area contributed by atoms with Crippen molar-refractivity contribution in [3.8, 4) is 11.1 Å². The summed E-state index contributed by atoms with van der Waals surface area (Å²) in [5.74, 6) is 0.349. The Labute approximate surface area is 193 Å². The van der Waals surface area contributed by atoms with Crippen LogP contribution in [0, 0.1) is 5.41 Å². The molecule has 0 radical (unpaired) electrons. The molecule has 0 saturated heterocycles. The molecule has 8 nitrogen and oxygen atoms in total. The zero-order valence-electron chi connectivity index (χ0n) is 18.8. The number of nitrogens with two attached hydrogens (primary N) is 1. The van der Waals surface area contributed by atoms with Crippen LogP contribution in [0.5, 0.6) is 0 Å². The first-order chi connectivity index (χ1) is 15.8. The van der Waals surface area contributed by atoms with Crippen molar-refractivity contribution < 1.29 is 9.59 Å². The molecule has 1 heterocycles. The number of Topliss-reactive ketones (excluding diaryl/α,β-unsaturated/α-hetero) is 1. The van der Waals surface area contributed by atoms with Gasteiger partial charge in [-0.25, -0.2) is 9.97 Å². The lowest BCUT2D eigenvalue weighted by atomic mass is 10.0. The fourth-order valence-electron chi connectivity index (χ4n) is 3.30. The van der Waals surface area contributed by atoms with Crippen LogP contribution in [0.2, 0.25) is 0 Å². The zero-order chi connectivity index (χ0) is 23.8. The normalized spacial score (nSPS) is 10.5. The number of carbonyl (C=O) groups excluding carboxylic acids is 2. The Morgan fingerprint density at radius 3 is 2.42 bits per heavy atom. The van der Waals surface area contributed by atoms with Crippen LogP contribution in [0.3, 0.4) is 0 Å². The lowest BCUT2D eigenvalue weighted by molar-refractivity contribution is -0.118. The third-order valence-corrected chi connectivity index (χ3v) is 5.21. The highest BCUT2D eigenvalue weighted by Gasteiger charge is 2.08. The number of rotatable bonds is 10. The third kappa shape index (κ3) is 6.96. The smallest absolute Gasteiger partial charge is 0.223 e. The summed E-state index contributed by atoms with van der Waals surface area (Å²) >= 11 is 0. The van der Waals surface area contributed by atoms with Crippen LogP contribution in [0.4, 0.5) is 11.6 Å². The highest BCUT2D eigenvalue weighted by atomic mass is 16.2. The number of nitrogens with one attached hydrogen (secondary N) is 2. The fraction of sp³-hybridized carbons (Fsp3) is 0.240. The van der Waals surface area contributed by atoms with Gasteiger partial charge in [-0.1, -0.05) is 36.4 Å². The van der Waals surface area contributed by atoms with E-state index in [2.05, 4.69) is 15.3 Å². The van der Waals surface area contributed by atoms with Gasteiger partial charge in [0.15, 0.2) is 0 Å². The molecule has 0 fully saturated rings. The lowest BCUT2D eigenvalue weighted by Crippen LogP contribution is -2.22. The quantitative estimate of drug-likeness (QED) is 0.324. The topological polar surface area (TPSA) is 125 Å². The summed E-state index contributed by atoms with van der Waals surface area (Å²) < 4.78 is 0. The van der Waals surface area contributed by atoms with E-state index >= 15 is 0 Å². The summed E-state index contributed by atoms with van der Waals surface area (Å²) in [6.07, 6.45) is 4.47. The van der Waals surface area contributed by atoms with Gasteiger partial charge in [0, 0.05) is 50.6 Å². The second-order valence-corrected chi connectivity index (χ2v) is 7.84. The molecule has 0 aliphatic rings. The van der Waals surface area contributed by atoms with Gasteiger partial charge in [0.2, 0.25) is 11.9 Å². The predicted molar refractivity (Wildman–Crippen MR) is 130 cm³/mol. The monoisotopic (exact) mass is 444 g/mol. The number of amidine groups is 1. The number of benzene rings is 2. The number of ketones is 1. The molecule has 33 heavy (non-hydrogen) atoms. The number of amides is 1. The van der Waals surface area contributed by atoms with Crippen LogP contribution in [-0.2, 0) is 22.6 Å². The molecule has 0 spiro atoms. The summed E-state index contributed by atoms with van der Waals surface area (Å²) in [6, 6.07) is 15.6. The van der Waals surface area contributed by atoms with Crippen molar-refractivity contribution in [1.82, 2.24) is 9.97 Å². The molecule has 1 amide bonds. The van der Waals surface area contributed by atoms with Gasteiger partial charge < -0.3 is 16.0 Å². The first-order valence-corrected chi connectivity index (χ1v) is 10.6. The minimum absolute atomic E-state index is 0.000282. The average Bonchev–Trinajstić information content (AvgIpc) is 2.81. The number of hydrogen-bond donors (Lipinski definition) is 3. The van der Waals surface area contributed by atoms with E-state index in [4.69, 9.17) is 11.1 Å². The molecular formula is C25H28N6O2. The summed E-state index contributed by atoms with van der Waals surface area (Å²) in [6.45, 7) is 2.06. The van der Waals surface area contributed by atoms with Gasteiger partial charge in [0.25, 0.3) is 0 Å². The summed E-state index contributed by atoms with van der Waals surface area (Å²) in [5, 5.41) is 10.4. The maximum absolute atomic E-state index is 11.8. The van der Waals surface area contributed by atoms with E-state index in [1.54, 1.807) is 24.3 Å². The molecule has 3 aromatic rings. The van der Waals surface area contributed by atoms with Crippen molar-refractivity contribution in [3.05, 3.63) is 72.1 Å². The Kier molecular flexibility index (Phi) is 7.86. The molecule has 0 unspecified atom stereocenters. The standard InChI is InChI=1S/C25H28N6O2/c1-17(32)31(2)22-8-4-6-19(12-22)14-28-25-29-15-21(16-30-25)20-7-3-5-18(11-20)9-10-23(33)13-24(26)27/h3-8,11-12,15-16H,9-10,13-14H2,1-2H3,(H3,26,27)(H,28,29,30). The van der Waals surface area contributed by atoms with E-state index in [1.165, 1.54) is 6.92 Å². The third-order valence-electron chi connectivity index (χ3n) is 5.21. The van der Waals surface area contributed by atoms with E-state index in [0.717, 1.165) is 27.9 Å². The zero-order valence-corrected chi connectivity index (χ0v) is 18.8. The summed E-state index contributed by atoms with van der Waals surface area (Å²) in [5.41, 5.74) is 10.0. The lowest BCUT2D eigenvalue weighted by Gasteiger charge is -2.16. The highest BCUT2D eigenvalue weighted by molar-refractivity contribution is 5.98. The largest absolute Gasteiger partial charge is 0.387 e. The molecule has 3 rings (SSSR count). The molecular weight excluding hydrogens is 416 g/mol. The van der Waals surface area contributed by atoms with Crippen molar-refractivity contribution in [2.75, 3.05) is 17.3 Å². The first kappa shape index (κ1) is 23.6. The van der Waals surface area contributed by atoms with Crippen molar-refractivity contribution in [3.63, 3.8) is 0 Å². The second-order valence-electron chi connectivity index (χ2n) is 7.84. The minimum Gasteiger partial charge on any atom is -0.387 e. The molecule has 0 saturated carbocycles. The van der Waals surface area contributed by atoms with Crippen LogP contribution in [0.15, 0.2) is 60.9 Å². The van der Waals surface area contributed by atoms with Gasteiger partial charge in [0.05, 0.1) is 12.3 Å². The Morgan fingerprint density at radius 1 is 1.03 bits per heavy atom. The number of aryl methyl sites for hydroxylation is 1. The van der Waals surface area contributed by atoms with E-state index in [9.17, 15) is 9.59 Å². The van der Waals surface area contributed by atoms with Crippen molar-refractivity contribution >= 4 is 29.2 Å². The molecule has 4 N–H and O–H groups in total.